The molecule has 0 aromatic carbocycles. The Bertz CT molecular complexity index is 103. The van der Waals surface area contributed by atoms with Crippen LogP contribution in [-0.4, -0.2) is 22.0 Å². The van der Waals surface area contributed by atoms with Crippen molar-refractivity contribution in [3.05, 3.63) is 0 Å². The van der Waals surface area contributed by atoms with E-state index in [0.29, 0.717) is 12.8 Å². The van der Waals surface area contributed by atoms with E-state index in [1.807, 2.05) is 0 Å². The molecule has 3 nitrogen and oxygen atoms in total. The average Bonchev–Trinajstić information content (AvgIpc) is 1.60. The van der Waals surface area contributed by atoms with Gasteiger partial charge in [0.25, 0.3) is 0 Å². The van der Waals surface area contributed by atoms with Crippen molar-refractivity contribution in [3.63, 3.8) is 0 Å². The van der Waals surface area contributed by atoms with Gasteiger partial charge in [-0.05, 0) is 19.3 Å². The van der Waals surface area contributed by atoms with E-state index in [9.17, 15) is 0 Å². The van der Waals surface area contributed by atoms with Crippen molar-refractivity contribution >= 4 is 0 Å². The van der Waals surface area contributed by atoms with Crippen molar-refractivity contribution in [2.24, 2.45) is 5.73 Å². The first kappa shape index (κ1) is 6.99. The summed E-state index contributed by atoms with van der Waals surface area (Å²) in [7, 11) is 0. The Morgan fingerprint density at radius 2 is 2.22 bits per heavy atom. The highest BCUT2D eigenvalue weighted by molar-refractivity contribution is 4.80. The van der Waals surface area contributed by atoms with E-state index in [4.69, 9.17) is 15.9 Å². The number of rotatable bonds is 0. The van der Waals surface area contributed by atoms with Gasteiger partial charge in [0.15, 0.2) is 0 Å². The molecule has 1 rings (SSSR count). The SMILES string of the molecule is NC1(O)CCCC(O)C1. The van der Waals surface area contributed by atoms with Gasteiger partial charge in [-0.25, -0.2) is 0 Å². The molecule has 0 saturated heterocycles. The van der Waals surface area contributed by atoms with Crippen LogP contribution in [0.2, 0.25) is 0 Å². The molecule has 1 fully saturated rings. The van der Waals surface area contributed by atoms with Crippen molar-refractivity contribution in [2.45, 2.75) is 37.5 Å². The Labute approximate surface area is 54.5 Å². The molecule has 0 amide bonds. The van der Waals surface area contributed by atoms with Crippen LogP contribution in [0, 0.1) is 0 Å². The van der Waals surface area contributed by atoms with Crippen LogP contribution in [0.15, 0.2) is 0 Å². The molecule has 54 valence electrons. The van der Waals surface area contributed by atoms with E-state index in [0.717, 1.165) is 12.8 Å². The summed E-state index contributed by atoms with van der Waals surface area (Å²) in [4.78, 5) is 0. The molecule has 9 heavy (non-hydrogen) atoms. The number of hydrogen-bond donors (Lipinski definition) is 3. The van der Waals surface area contributed by atoms with Gasteiger partial charge in [0, 0.05) is 6.42 Å². The quantitative estimate of drug-likeness (QED) is 0.391. The van der Waals surface area contributed by atoms with Crippen LogP contribution in [-0.2, 0) is 0 Å². The zero-order valence-corrected chi connectivity index (χ0v) is 5.38. The Morgan fingerprint density at radius 1 is 1.56 bits per heavy atom. The first-order valence-electron chi connectivity index (χ1n) is 3.29. The van der Waals surface area contributed by atoms with Gasteiger partial charge in [-0.15, -0.1) is 0 Å². The fourth-order valence-corrected chi connectivity index (χ4v) is 1.26. The fraction of sp³-hybridized carbons (Fsp3) is 1.00. The maximum Gasteiger partial charge on any atom is 0.116 e. The minimum Gasteiger partial charge on any atom is -0.393 e. The monoisotopic (exact) mass is 131 g/mol. The third kappa shape index (κ3) is 1.93. The van der Waals surface area contributed by atoms with Crippen LogP contribution < -0.4 is 5.73 Å². The summed E-state index contributed by atoms with van der Waals surface area (Å²) in [5.74, 6) is 0. The Morgan fingerprint density at radius 3 is 2.56 bits per heavy atom. The smallest absolute Gasteiger partial charge is 0.116 e. The summed E-state index contributed by atoms with van der Waals surface area (Å²) in [6.45, 7) is 0. The zero-order chi connectivity index (χ0) is 6.91. The second kappa shape index (κ2) is 2.25. The molecule has 3 heteroatoms. The molecule has 0 spiro atoms. The van der Waals surface area contributed by atoms with Crippen LogP contribution in [0.1, 0.15) is 25.7 Å². The maximum absolute atomic E-state index is 9.16. The normalized spacial score (nSPS) is 45.0. The summed E-state index contributed by atoms with van der Waals surface area (Å²) in [6, 6.07) is 0. The largest absolute Gasteiger partial charge is 0.393 e. The number of aliphatic hydroxyl groups excluding tert-OH is 1. The van der Waals surface area contributed by atoms with Crippen molar-refractivity contribution in [2.75, 3.05) is 0 Å². The van der Waals surface area contributed by atoms with Crippen molar-refractivity contribution in [3.8, 4) is 0 Å². The molecule has 1 saturated carbocycles. The van der Waals surface area contributed by atoms with Crippen molar-refractivity contribution < 1.29 is 10.2 Å². The summed E-state index contributed by atoms with van der Waals surface area (Å²) < 4.78 is 0. The van der Waals surface area contributed by atoms with E-state index in [1.54, 1.807) is 0 Å². The maximum atomic E-state index is 9.16. The first-order valence-corrected chi connectivity index (χ1v) is 3.29. The Kier molecular flexibility index (Phi) is 1.75. The summed E-state index contributed by atoms with van der Waals surface area (Å²) in [6.07, 6.45) is 2.15. The molecule has 2 unspecified atom stereocenters. The first-order chi connectivity index (χ1) is 4.10. The number of nitrogens with two attached hydrogens (primary N) is 1. The topological polar surface area (TPSA) is 66.5 Å². The van der Waals surface area contributed by atoms with E-state index in [1.165, 1.54) is 0 Å². The zero-order valence-electron chi connectivity index (χ0n) is 5.38. The van der Waals surface area contributed by atoms with Gasteiger partial charge < -0.3 is 15.9 Å². The van der Waals surface area contributed by atoms with Gasteiger partial charge in [0.1, 0.15) is 5.72 Å². The van der Waals surface area contributed by atoms with Crippen LogP contribution in [0.3, 0.4) is 0 Å². The number of aliphatic hydroxyl groups is 2. The van der Waals surface area contributed by atoms with Crippen LogP contribution in [0.5, 0.6) is 0 Å². The van der Waals surface area contributed by atoms with Crippen LogP contribution in [0.4, 0.5) is 0 Å². The standard InChI is InChI=1S/C6H13NO2/c7-6(9)3-1-2-5(8)4-6/h5,8-9H,1-4,7H2. The predicted octanol–water partition coefficient (Wildman–Crippen LogP) is -0.431. The molecule has 0 aliphatic heterocycles. The molecule has 0 bridgehead atoms. The van der Waals surface area contributed by atoms with Crippen LogP contribution >= 0.6 is 0 Å². The minimum atomic E-state index is -1.10. The number of hydrogen-bond acceptors (Lipinski definition) is 3. The highest BCUT2D eigenvalue weighted by atomic mass is 16.3. The molecule has 0 radical (unpaired) electrons. The molecular formula is C6H13NO2. The summed E-state index contributed by atoms with van der Waals surface area (Å²) in [5.41, 5.74) is 4.26. The molecule has 2 atom stereocenters. The second-order valence-corrected chi connectivity index (χ2v) is 2.85. The molecule has 4 N–H and O–H groups in total. The Balaban J connectivity index is 2.41. The van der Waals surface area contributed by atoms with Gasteiger partial charge in [0.2, 0.25) is 0 Å². The van der Waals surface area contributed by atoms with Gasteiger partial charge in [-0.1, -0.05) is 0 Å². The Hall–Kier alpha value is -0.120. The molecule has 0 heterocycles. The predicted molar refractivity (Wildman–Crippen MR) is 33.6 cm³/mol. The van der Waals surface area contributed by atoms with E-state index >= 15 is 0 Å². The van der Waals surface area contributed by atoms with E-state index in [2.05, 4.69) is 0 Å². The summed E-state index contributed by atoms with van der Waals surface area (Å²) >= 11 is 0. The lowest BCUT2D eigenvalue weighted by atomic mass is 9.90. The van der Waals surface area contributed by atoms with Gasteiger partial charge in [-0.2, -0.15) is 0 Å². The molecule has 1 aliphatic rings. The van der Waals surface area contributed by atoms with Gasteiger partial charge in [-0.3, -0.25) is 0 Å². The van der Waals surface area contributed by atoms with Gasteiger partial charge >= 0.3 is 0 Å². The lowest BCUT2D eigenvalue weighted by molar-refractivity contribution is -0.0403. The van der Waals surface area contributed by atoms with Crippen molar-refractivity contribution in [1.29, 1.82) is 0 Å². The second-order valence-electron chi connectivity index (χ2n) is 2.85. The fourth-order valence-electron chi connectivity index (χ4n) is 1.26. The third-order valence-electron chi connectivity index (χ3n) is 1.74. The molecule has 0 aromatic heterocycles. The molecule has 0 aromatic rings. The van der Waals surface area contributed by atoms with Gasteiger partial charge in [0.05, 0.1) is 6.10 Å². The van der Waals surface area contributed by atoms with E-state index < -0.39 is 11.8 Å². The highest BCUT2D eigenvalue weighted by Gasteiger charge is 2.28. The lowest BCUT2D eigenvalue weighted by Gasteiger charge is -2.30. The van der Waals surface area contributed by atoms with E-state index in [-0.39, 0.29) is 0 Å². The van der Waals surface area contributed by atoms with Crippen molar-refractivity contribution in [1.82, 2.24) is 0 Å². The highest BCUT2D eigenvalue weighted by Crippen LogP contribution is 2.23. The minimum absolute atomic E-state index is 0.326. The summed E-state index contributed by atoms with van der Waals surface area (Å²) in [5, 5.41) is 18.2. The van der Waals surface area contributed by atoms with Crippen LogP contribution in [0.25, 0.3) is 0 Å². The molecular weight excluding hydrogens is 118 g/mol. The third-order valence-corrected chi connectivity index (χ3v) is 1.74. The molecule has 1 aliphatic carbocycles. The average molecular weight is 131 g/mol. The lowest BCUT2D eigenvalue weighted by Crippen LogP contribution is -2.45.